The van der Waals surface area contributed by atoms with Crippen LogP contribution in [0.2, 0.25) is 0 Å². The van der Waals surface area contributed by atoms with Gasteiger partial charge < -0.3 is 10.2 Å². The monoisotopic (exact) mass is 242 g/mol. The highest BCUT2D eigenvalue weighted by Gasteiger charge is 2.25. The van der Waals surface area contributed by atoms with E-state index in [0.717, 1.165) is 35.9 Å². The van der Waals surface area contributed by atoms with Crippen LogP contribution in [0.15, 0.2) is 30.6 Å². The Morgan fingerprint density at radius 2 is 2.11 bits per heavy atom. The number of para-hydroxylation sites is 1. The zero-order valence-electron chi connectivity index (χ0n) is 10.6. The molecule has 0 spiro atoms. The van der Waals surface area contributed by atoms with E-state index in [4.69, 9.17) is 0 Å². The quantitative estimate of drug-likeness (QED) is 0.872. The minimum atomic E-state index is 0.814. The molecule has 1 heterocycles. The molecule has 3 rings (SSSR count). The third kappa shape index (κ3) is 2.43. The average Bonchev–Trinajstić information content (AvgIpc) is 3.23. The van der Waals surface area contributed by atoms with Gasteiger partial charge >= 0.3 is 0 Å². The lowest BCUT2D eigenvalue weighted by Crippen LogP contribution is -2.27. The van der Waals surface area contributed by atoms with Crippen LogP contribution in [-0.4, -0.2) is 41.0 Å². The molecule has 1 N–H and O–H groups in total. The second-order valence-corrected chi connectivity index (χ2v) is 4.88. The standard InChI is InChI=1S/C14H18N4/c1-18(11-6-7-11)9-8-15-14-12-4-2-3-5-13(12)16-10-17-14/h2-5,10-11H,6-9H2,1H3,(H,15,16,17). The van der Waals surface area contributed by atoms with Crippen LogP contribution in [0.1, 0.15) is 12.8 Å². The van der Waals surface area contributed by atoms with Crippen molar-refractivity contribution in [3.63, 3.8) is 0 Å². The molecule has 0 atom stereocenters. The molecule has 0 saturated heterocycles. The fourth-order valence-corrected chi connectivity index (χ4v) is 2.19. The summed E-state index contributed by atoms with van der Waals surface area (Å²) < 4.78 is 0. The second-order valence-electron chi connectivity index (χ2n) is 4.88. The Hall–Kier alpha value is -1.68. The molecular weight excluding hydrogens is 224 g/mol. The van der Waals surface area contributed by atoms with Gasteiger partial charge in [-0.3, -0.25) is 0 Å². The second kappa shape index (κ2) is 4.90. The van der Waals surface area contributed by atoms with Gasteiger partial charge in [0.25, 0.3) is 0 Å². The number of rotatable bonds is 5. The molecule has 0 radical (unpaired) electrons. The molecule has 1 aromatic heterocycles. The Labute approximate surface area is 107 Å². The summed E-state index contributed by atoms with van der Waals surface area (Å²) in [6, 6.07) is 8.91. The van der Waals surface area contributed by atoms with Crippen molar-refractivity contribution in [2.24, 2.45) is 0 Å². The van der Waals surface area contributed by atoms with Gasteiger partial charge in [0.1, 0.15) is 12.1 Å². The number of aromatic nitrogens is 2. The van der Waals surface area contributed by atoms with Crippen molar-refractivity contribution in [3.8, 4) is 0 Å². The zero-order chi connectivity index (χ0) is 12.4. The first-order valence-electron chi connectivity index (χ1n) is 6.48. The molecule has 2 aromatic rings. The normalized spacial score (nSPS) is 15.2. The smallest absolute Gasteiger partial charge is 0.137 e. The number of anilines is 1. The van der Waals surface area contributed by atoms with Crippen molar-refractivity contribution in [2.45, 2.75) is 18.9 Å². The Morgan fingerprint density at radius 1 is 1.28 bits per heavy atom. The van der Waals surface area contributed by atoms with Crippen molar-refractivity contribution < 1.29 is 0 Å². The number of nitrogens with zero attached hydrogens (tertiary/aromatic N) is 3. The molecule has 1 aliphatic rings. The van der Waals surface area contributed by atoms with Crippen molar-refractivity contribution in [1.29, 1.82) is 0 Å². The van der Waals surface area contributed by atoms with Crippen molar-refractivity contribution in [2.75, 3.05) is 25.5 Å². The maximum absolute atomic E-state index is 4.32. The Balaban J connectivity index is 1.66. The van der Waals surface area contributed by atoms with E-state index in [1.165, 1.54) is 12.8 Å². The van der Waals surface area contributed by atoms with E-state index >= 15 is 0 Å². The van der Waals surface area contributed by atoms with Crippen molar-refractivity contribution in [3.05, 3.63) is 30.6 Å². The van der Waals surface area contributed by atoms with Crippen LogP contribution < -0.4 is 5.32 Å². The van der Waals surface area contributed by atoms with Crippen LogP contribution in [0.3, 0.4) is 0 Å². The summed E-state index contributed by atoms with van der Waals surface area (Å²) in [6.45, 7) is 1.98. The van der Waals surface area contributed by atoms with Crippen LogP contribution in [-0.2, 0) is 0 Å². The predicted octanol–water partition coefficient (Wildman–Crippen LogP) is 2.14. The fraction of sp³-hybridized carbons (Fsp3) is 0.429. The van der Waals surface area contributed by atoms with Gasteiger partial charge in [0.2, 0.25) is 0 Å². The van der Waals surface area contributed by atoms with Crippen LogP contribution in [0, 0.1) is 0 Å². The maximum atomic E-state index is 4.32. The highest BCUT2D eigenvalue weighted by molar-refractivity contribution is 5.88. The van der Waals surface area contributed by atoms with E-state index in [9.17, 15) is 0 Å². The fourth-order valence-electron chi connectivity index (χ4n) is 2.19. The first-order valence-corrected chi connectivity index (χ1v) is 6.48. The van der Waals surface area contributed by atoms with E-state index in [1.54, 1.807) is 6.33 Å². The number of nitrogens with one attached hydrogen (secondary N) is 1. The lowest BCUT2D eigenvalue weighted by molar-refractivity contribution is 0.337. The lowest BCUT2D eigenvalue weighted by atomic mass is 10.2. The van der Waals surface area contributed by atoms with Crippen LogP contribution >= 0.6 is 0 Å². The Bertz CT molecular complexity index is 531. The van der Waals surface area contributed by atoms with Gasteiger partial charge in [-0.15, -0.1) is 0 Å². The summed E-state index contributed by atoms with van der Waals surface area (Å²) in [5.74, 6) is 0.935. The van der Waals surface area contributed by atoms with Crippen LogP contribution in [0.4, 0.5) is 5.82 Å². The molecule has 0 unspecified atom stereocenters. The number of fused-ring (bicyclic) bond motifs is 1. The van der Waals surface area contributed by atoms with Gasteiger partial charge in [0, 0.05) is 24.5 Å². The molecule has 0 bridgehead atoms. The molecule has 0 aliphatic heterocycles. The van der Waals surface area contributed by atoms with E-state index in [2.05, 4.69) is 33.3 Å². The zero-order valence-corrected chi connectivity index (χ0v) is 10.6. The summed E-state index contributed by atoms with van der Waals surface area (Å²) in [7, 11) is 2.19. The molecule has 0 amide bonds. The Morgan fingerprint density at radius 3 is 2.94 bits per heavy atom. The summed E-state index contributed by atoms with van der Waals surface area (Å²) >= 11 is 0. The van der Waals surface area contributed by atoms with Gasteiger partial charge in [-0.05, 0) is 32.0 Å². The highest BCUT2D eigenvalue weighted by Crippen LogP contribution is 2.25. The van der Waals surface area contributed by atoms with Crippen LogP contribution in [0.25, 0.3) is 10.9 Å². The van der Waals surface area contributed by atoms with Crippen molar-refractivity contribution in [1.82, 2.24) is 14.9 Å². The lowest BCUT2D eigenvalue weighted by Gasteiger charge is -2.16. The first kappa shape index (κ1) is 11.4. The number of benzene rings is 1. The summed E-state index contributed by atoms with van der Waals surface area (Å²) in [5, 5.41) is 4.50. The van der Waals surface area contributed by atoms with Gasteiger partial charge in [0.15, 0.2) is 0 Å². The molecule has 1 aromatic carbocycles. The number of hydrogen-bond acceptors (Lipinski definition) is 4. The minimum absolute atomic E-state index is 0.814. The van der Waals surface area contributed by atoms with Crippen LogP contribution in [0.5, 0.6) is 0 Å². The molecule has 4 heteroatoms. The van der Waals surface area contributed by atoms with Gasteiger partial charge in [-0.25, -0.2) is 9.97 Å². The molecule has 1 saturated carbocycles. The number of hydrogen-bond donors (Lipinski definition) is 1. The third-order valence-corrected chi connectivity index (χ3v) is 3.47. The molecule has 1 aliphatic carbocycles. The Kier molecular flexibility index (Phi) is 3.11. The molecule has 1 fully saturated rings. The minimum Gasteiger partial charge on any atom is -0.368 e. The average molecular weight is 242 g/mol. The van der Waals surface area contributed by atoms with E-state index < -0.39 is 0 Å². The summed E-state index contributed by atoms with van der Waals surface area (Å²) in [5.41, 5.74) is 0.991. The SMILES string of the molecule is CN(CCNc1ncnc2ccccc12)C1CC1. The maximum Gasteiger partial charge on any atom is 0.137 e. The number of likely N-dealkylation sites (N-methyl/N-ethyl adjacent to an activating group) is 1. The first-order chi connectivity index (χ1) is 8.84. The van der Waals surface area contributed by atoms with E-state index in [-0.39, 0.29) is 0 Å². The predicted molar refractivity (Wildman–Crippen MR) is 73.7 cm³/mol. The molecule has 94 valence electrons. The van der Waals surface area contributed by atoms with E-state index in [0.29, 0.717) is 0 Å². The van der Waals surface area contributed by atoms with Gasteiger partial charge in [0.05, 0.1) is 5.52 Å². The van der Waals surface area contributed by atoms with Gasteiger partial charge in [-0.2, -0.15) is 0 Å². The third-order valence-electron chi connectivity index (χ3n) is 3.47. The molecular formula is C14H18N4. The largest absolute Gasteiger partial charge is 0.368 e. The van der Waals surface area contributed by atoms with Crippen molar-refractivity contribution >= 4 is 16.7 Å². The van der Waals surface area contributed by atoms with Gasteiger partial charge in [-0.1, -0.05) is 12.1 Å². The molecule has 18 heavy (non-hydrogen) atoms. The van der Waals surface area contributed by atoms with E-state index in [1.807, 2.05) is 18.2 Å². The highest BCUT2D eigenvalue weighted by atomic mass is 15.2. The summed E-state index contributed by atoms with van der Waals surface area (Å²) in [6.07, 6.45) is 4.33. The topological polar surface area (TPSA) is 41.0 Å². The molecule has 4 nitrogen and oxygen atoms in total. The summed E-state index contributed by atoms with van der Waals surface area (Å²) in [4.78, 5) is 11.0.